The summed E-state index contributed by atoms with van der Waals surface area (Å²) in [6, 6.07) is 3.27. The summed E-state index contributed by atoms with van der Waals surface area (Å²) in [6.45, 7) is 15.4. The van der Waals surface area contributed by atoms with Crippen LogP contribution in [-0.4, -0.2) is 88.2 Å². The fourth-order valence-corrected chi connectivity index (χ4v) is 15.1. The molecule has 0 spiro atoms. The molecule has 2 N–H and O–H groups in total. The molecule has 0 aliphatic heterocycles. The summed E-state index contributed by atoms with van der Waals surface area (Å²) >= 11 is 0. The fraction of sp³-hybridized carbons (Fsp3) is 0.814. The zero-order valence-corrected chi connectivity index (χ0v) is 71.7. The van der Waals surface area contributed by atoms with Gasteiger partial charge in [0, 0.05) is 16.5 Å². The van der Waals surface area contributed by atoms with Gasteiger partial charge in [-0.3, -0.25) is 0 Å². The molecular weight excluding hydrogens is 1360 g/mol. The van der Waals surface area contributed by atoms with Gasteiger partial charge in [-0.2, -0.15) is 0 Å². The van der Waals surface area contributed by atoms with E-state index in [-0.39, 0.29) is 50.4 Å². The lowest BCUT2D eigenvalue weighted by Crippen LogP contribution is -2.39. The Kier molecular flexibility index (Phi) is 67.5. The smallest absolute Gasteiger partial charge is 0.336 e. The van der Waals surface area contributed by atoms with E-state index in [1.165, 1.54) is 257 Å². The summed E-state index contributed by atoms with van der Waals surface area (Å²) in [4.78, 5) is 28.8. The molecular formula is C97H168O12. The van der Waals surface area contributed by atoms with Crippen LogP contribution in [0.2, 0.25) is 0 Å². The summed E-state index contributed by atoms with van der Waals surface area (Å²) in [6.07, 6.45) is 81.6. The van der Waals surface area contributed by atoms with E-state index in [1.807, 2.05) is 0 Å². The average molecular weight is 1530 g/mol. The topological polar surface area (TPSA) is 148 Å². The highest BCUT2D eigenvalue weighted by atomic mass is 16.6. The Hall–Kier alpha value is -4.78. The minimum Gasteiger partial charge on any atom is -0.490 e. The van der Waals surface area contributed by atoms with Gasteiger partial charge in [-0.05, 0) is 63.5 Å². The zero-order valence-electron chi connectivity index (χ0n) is 71.7. The second kappa shape index (κ2) is 73.4. The van der Waals surface area contributed by atoms with Gasteiger partial charge < -0.3 is 48.1 Å². The Balaban J connectivity index is 3.07. The second-order valence-corrected chi connectivity index (χ2v) is 32.2. The first-order valence-electron chi connectivity index (χ1n) is 46.3. The molecule has 2 rings (SSSR count). The van der Waals surface area contributed by atoms with Gasteiger partial charge in [0.15, 0.2) is 23.0 Å². The Morgan fingerprint density at radius 1 is 0.284 bits per heavy atom. The number of ether oxygens (including phenoxy) is 8. The number of carboxylic acids is 2. The quantitative estimate of drug-likeness (QED) is 0.0480. The van der Waals surface area contributed by atoms with Gasteiger partial charge >= 0.3 is 11.9 Å². The van der Waals surface area contributed by atoms with Crippen LogP contribution in [-0.2, 0) is 22.3 Å². The van der Waals surface area contributed by atoms with E-state index in [0.29, 0.717) is 85.3 Å². The Labute approximate surface area is 670 Å². The number of aromatic carboxylic acids is 2. The van der Waals surface area contributed by atoms with E-state index in [4.69, 9.17) is 50.7 Å². The van der Waals surface area contributed by atoms with Crippen molar-refractivity contribution in [2.45, 2.75) is 440 Å². The first-order valence-corrected chi connectivity index (χ1v) is 46.3. The van der Waals surface area contributed by atoms with Crippen LogP contribution >= 0.6 is 0 Å². The highest BCUT2D eigenvalue weighted by molar-refractivity contribution is 5.93. The van der Waals surface area contributed by atoms with Crippen LogP contribution in [0, 0.1) is 30.1 Å². The van der Waals surface area contributed by atoms with Crippen LogP contribution in [0.1, 0.15) is 459 Å². The van der Waals surface area contributed by atoms with Gasteiger partial charge in [0.25, 0.3) is 0 Å². The lowest BCUT2D eigenvalue weighted by Gasteiger charge is -2.36. The third-order valence-corrected chi connectivity index (χ3v) is 21.8. The van der Waals surface area contributed by atoms with Gasteiger partial charge in [-0.25, -0.2) is 9.59 Å². The van der Waals surface area contributed by atoms with Crippen molar-refractivity contribution in [2.75, 3.05) is 66.1 Å². The maximum atomic E-state index is 14.4. The molecule has 0 radical (unpaired) electrons. The lowest BCUT2D eigenvalue weighted by atomic mass is 9.75. The summed E-state index contributed by atoms with van der Waals surface area (Å²) < 4.78 is 55.0. The molecule has 0 aliphatic rings. The third kappa shape index (κ3) is 51.6. The van der Waals surface area contributed by atoms with Crippen LogP contribution < -0.4 is 28.4 Å². The molecule has 0 fully saturated rings. The molecule has 12 heteroatoms. The molecule has 0 bridgehead atoms. The Morgan fingerprint density at radius 2 is 0.468 bits per heavy atom. The second-order valence-electron chi connectivity index (χ2n) is 32.2. The van der Waals surface area contributed by atoms with Crippen molar-refractivity contribution < 1.29 is 57.7 Å². The SMILES string of the molecule is C#CCOCC(COCC#C)(Cc1c(C(=O)O)cc(OCCCCCCCCCCCC)c(OCCCCCCCCCCCC)c1OCCCCCCCCCCCC)Cc1c(C(=O)O)cc(OCCCCCCCCCCCC)c(OCCCCCCCCCCCC)c1OCCCCCCCCCCCC. The highest BCUT2D eigenvalue weighted by Crippen LogP contribution is 2.50. The molecule has 0 saturated carbocycles. The Morgan fingerprint density at radius 3 is 0.661 bits per heavy atom. The molecule has 0 unspecified atom stereocenters. The van der Waals surface area contributed by atoms with Crippen LogP contribution in [0.4, 0.5) is 0 Å². The van der Waals surface area contributed by atoms with E-state index < -0.39 is 17.4 Å². The predicted octanol–water partition coefficient (Wildman–Crippen LogP) is 29.0. The summed E-state index contributed by atoms with van der Waals surface area (Å²) in [7, 11) is 0. The normalized spacial score (nSPS) is 11.5. The molecule has 0 aromatic heterocycles. The average Bonchev–Trinajstić information content (AvgIpc) is 0.763. The summed E-state index contributed by atoms with van der Waals surface area (Å²) in [5.74, 6) is 5.10. The lowest BCUT2D eigenvalue weighted by molar-refractivity contribution is -0.00768. The van der Waals surface area contributed by atoms with Gasteiger partial charge in [-0.1, -0.05) is 400 Å². The van der Waals surface area contributed by atoms with Crippen molar-refractivity contribution in [3.8, 4) is 59.2 Å². The minimum atomic E-state index is -1.27. The number of rotatable bonds is 84. The number of terminal acetylenes is 2. The van der Waals surface area contributed by atoms with E-state index in [0.717, 1.165) is 128 Å². The standard InChI is InChI=1S/C97H168O12/c1-9-17-23-29-35-41-47-53-59-65-73-104-89-79-85(95(98)99)87(91(106-75-67-61-55-49-43-37-31-25-19-11-3)93(89)108-77-69-63-57-51-45-39-33-27-21-13-5)81-97(83-102-71-15-7,84-103-72-16-8)82-88-86(96(100)101)80-90(105-74-66-60-54-48-42-36-30-24-18-10-2)94(109-78-70-64-58-52-46-40-34-28-22-14-6)92(88)107-76-68-62-56-50-44-38-32-26-20-12-4/h7-8,79-80H,9-14,17-78,81-84H2,1-6H3,(H,98,99)(H,100,101). The first-order chi connectivity index (χ1) is 53.6. The molecule has 2 aromatic carbocycles. The van der Waals surface area contributed by atoms with Crippen LogP contribution in [0.15, 0.2) is 12.1 Å². The molecule has 0 amide bonds. The van der Waals surface area contributed by atoms with Crippen molar-refractivity contribution in [2.24, 2.45) is 5.41 Å². The van der Waals surface area contributed by atoms with Crippen molar-refractivity contribution >= 4 is 11.9 Å². The maximum Gasteiger partial charge on any atom is 0.336 e. The van der Waals surface area contributed by atoms with Gasteiger partial charge in [0.1, 0.15) is 13.2 Å². The molecule has 0 atom stereocenters. The fourth-order valence-electron chi connectivity index (χ4n) is 15.1. The highest BCUT2D eigenvalue weighted by Gasteiger charge is 2.40. The molecule has 12 nitrogen and oxygen atoms in total. The van der Waals surface area contributed by atoms with Crippen molar-refractivity contribution in [1.29, 1.82) is 0 Å². The Bertz CT molecular complexity index is 2360. The number of hydrogen-bond donors (Lipinski definition) is 2. The summed E-state index contributed by atoms with van der Waals surface area (Å²) in [5, 5.41) is 23.5. The van der Waals surface area contributed by atoms with Crippen LogP contribution in [0.25, 0.3) is 0 Å². The molecule has 109 heavy (non-hydrogen) atoms. The van der Waals surface area contributed by atoms with E-state index in [2.05, 4.69) is 53.4 Å². The van der Waals surface area contributed by atoms with Crippen LogP contribution in [0.5, 0.6) is 34.5 Å². The zero-order chi connectivity index (χ0) is 78.8. The molecule has 0 aliphatic carbocycles. The third-order valence-electron chi connectivity index (χ3n) is 21.8. The van der Waals surface area contributed by atoms with Gasteiger partial charge in [-0.15, -0.1) is 12.8 Å². The van der Waals surface area contributed by atoms with E-state index in [9.17, 15) is 19.8 Å². The first kappa shape index (κ1) is 100. The van der Waals surface area contributed by atoms with E-state index >= 15 is 0 Å². The molecule has 0 heterocycles. The number of carboxylic acid groups (broad SMARTS) is 2. The molecule has 0 saturated heterocycles. The van der Waals surface area contributed by atoms with Crippen LogP contribution in [0.3, 0.4) is 0 Å². The predicted molar refractivity (Wildman–Crippen MR) is 460 cm³/mol. The van der Waals surface area contributed by atoms with Gasteiger partial charge in [0.05, 0.1) is 64.0 Å². The number of benzene rings is 2. The monoisotopic (exact) mass is 1530 g/mol. The molecule has 628 valence electrons. The molecule has 2 aromatic rings. The number of unbranched alkanes of at least 4 members (excludes halogenated alkanes) is 54. The minimum absolute atomic E-state index is 0.00663. The van der Waals surface area contributed by atoms with Gasteiger partial charge in [0.2, 0.25) is 11.5 Å². The summed E-state index contributed by atoms with van der Waals surface area (Å²) in [5.41, 5.74) is -0.543. The number of carbonyl (C=O) groups is 2. The largest absolute Gasteiger partial charge is 0.490 e. The van der Waals surface area contributed by atoms with Crippen molar-refractivity contribution in [1.82, 2.24) is 0 Å². The number of hydrogen-bond acceptors (Lipinski definition) is 10. The van der Waals surface area contributed by atoms with Crippen molar-refractivity contribution in [3.63, 3.8) is 0 Å². The van der Waals surface area contributed by atoms with Crippen molar-refractivity contribution in [3.05, 3.63) is 34.4 Å². The maximum absolute atomic E-state index is 14.4. The van der Waals surface area contributed by atoms with E-state index in [1.54, 1.807) is 12.1 Å².